The molecular weight excluding hydrogens is 701 g/mol. The summed E-state index contributed by atoms with van der Waals surface area (Å²) < 4.78 is 41.0. The van der Waals surface area contributed by atoms with Crippen LogP contribution in [0.25, 0.3) is 0 Å². The number of unbranched alkanes of at least 4 members (excludes halogenated alkanes) is 2. The molecule has 0 spiro atoms. The van der Waals surface area contributed by atoms with Crippen molar-refractivity contribution in [3.63, 3.8) is 0 Å². The molecule has 2 aromatic carbocycles. The van der Waals surface area contributed by atoms with E-state index in [0.717, 1.165) is 59.6 Å². The standard InChI is InChI=1S/C39H58N4O7S2/c1-9-12-17-27(11-3)26-51-31-21-20-28(38(4,5)6)25-30(31)41-35(44)33(43-36(45)39(7,8)50-37(43)46)34-40-29-18-14-15-19-32(29)52(47,48)42(34)22-16-24-49-23-13-10-2/h14-15,18-21,25,27,33-34,40H,9-13,16-17,22-24,26H2,1-8H3,(H,41,44). The Kier molecular flexibility index (Phi) is 14.2. The molecule has 2 aliphatic rings. The number of imide groups is 1. The predicted molar refractivity (Wildman–Crippen MR) is 207 cm³/mol. The molecule has 0 saturated carbocycles. The minimum atomic E-state index is -4.20. The van der Waals surface area contributed by atoms with Gasteiger partial charge in [-0.15, -0.1) is 11.8 Å². The van der Waals surface area contributed by atoms with Gasteiger partial charge in [-0.1, -0.05) is 85.4 Å². The average Bonchev–Trinajstić information content (AvgIpc) is 3.29. The third kappa shape index (κ3) is 9.69. The molecule has 0 aliphatic carbocycles. The van der Waals surface area contributed by atoms with Crippen LogP contribution in [0.4, 0.5) is 16.2 Å². The lowest BCUT2D eigenvalue weighted by atomic mass is 9.87. The number of ether oxygens (including phenoxy) is 2. The van der Waals surface area contributed by atoms with Crippen molar-refractivity contribution < 1.29 is 32.3 Å². The van der Waals surface area contributed by atoms with Gasteiger partial charge in [0, 0.05) is 30.4 Å². The first-order chi connectivity index (χ1) is 24.6. The zero-order valence-corrected chi connectivity index (χ0v) is 33.8. The summed E-state index contributed by atoms with van der Waals surface area (Å²) in [5, 5.41) is 6.30. The van der Waals surface area contributed by atoms with E-state index in [1.807, 2.05) is 12.1 Å². The molecule has 3 unspecified atom stereocenters. The van der Waals surface area contributed by atoms with Gasteiger partial charge in [0.1, 0.15) is 11.1 Å². The molecule has 0 radical (unpaired) electrons. The number of fused-ring (bicyclic) bond motifs is 1. The van der Waals surface area contributed by atoms with Crippen LogP contribution in [-0.2, 0) is 34.5 Å². The number of hydrogen-bond acceptors (Lipinski definition) is 9. The maximum Gasteiger partial charge on any atom is 0.418 e. The normalized spacial score (nSPS) is 19.5. The molecule has 2 N–H and O–H groups in total. The summed E-state index contributed by atoms with van der Waals surface area (Å²) in [6, 6.07) is 10.8. The molecular formula is C39H58N4O7S2. The molecule has 2 aliphatic heterocycles. The number of hydrogen-bond donors (Lipinski definition) is 2. The van der Waals surface area contributed by atoms with E-state index >= 15 is 0 Å². The number of amides is 3. The van der Waals surface area contributed by atoms with Crippen molar-refractivity contribution in [3.05, 3.63) is 48.0 Å². The van der Waals surface area contributed by atoms with E-state index in [9.17, 15) is 22.8 Å². The van der Waals surface area contributed by atoms with Crippen molar-refractivity contribution in [3.8, 4) is 0 Å². The van der Waals surface area contributed by atoms with Gasteiger partial charge in [0.25, 0.3) is 11.8 Å². The third-order valence-electron chi connectivity index (χ3n) is 9.64. The van der Waals surface area contributed by atoms with Crippen LogP contribution < -0.4 is 10.6 Å². The van der Waals surface area contributed by atoms with Crippen LogP contribution in [0.1, 0.15) is 106 Å². The van der Waals surface area contributed by atoms with Crippen LogP contribution in [0.15, 0.2) is 52.3 Å². The van der Waals surface area contributed by atoms with Crippen molar-refractivity contribution >= 4 is 51.1 Å². The predicted octanol–water partition coefficient (Wildman–Crippen LogP) is 8.01. The van der Waals surface area contributed by atoms with Crippen molar-refractivity contribution in [1.29, 1.82) is 0 Å². The number of sulfonamides is 1. The van der Waals surface area contributed by atoms with E-state index in [-0.39, 0.29) is 22.5 Å². The minimum absolute atomic E-state index is 0.0263. The number of anilines is 2. The lowest BCUT2D eigenvalue weighted by Crippen LogP contribution is -2.64. The van der Waals surface area contributed by atoms with Crippen LogP contribution in [0.3, 0.4) is 0 Å². The molecule has 0 bridgehead atoms. The smallest absolute Gasteiger partial charge is 0.418 e. The Morgan fingerprint density at radius 2 is 1.73 bits per heavy atom. The van der Waals surface area contributed by atoms with Crippen LogP contribution in [0.2, 0.25) is 0 Å². The summed E-state index contributed by atoms with van der Waals surface area (Å²) in [7, 11) is -4.20. The van der Waals surface area contributed by atoms with Gasteiger partial charge in [-0.3, -0.25) is 9.59 Å². The van der Waals surface area contributed by atoms with Gasteiger partial charge in [-0.05, 0) is 74.3 Å². The third-order valence-corrected chi connectivity index (χ3v) is 12.9. The molecule has 52 heavy (non-hydrogen) atoms. The second kappa shape index (κ2) is 17.8. The van der Waals surface area contributed by atoms with E-state index in [2.05, 4.69) is 58.2 Å². The molecule has 11 nitrogen and oxygen atoms in total. The largest absolute Gasteiger partial charge is 0.433 e. The van der Waals surface area contributed by atoms with E-state index in [1.165, 1.54) is 24.2 Å². The van der Waals surface area contributed by atoms with Crippen molar-refractivity contribution in [2.45, 2.75) is 133 Å². The summed E-state index contributed by atoms with van der Waals surface area (Å²) in [6.07, 6.45) is 4.22. The van der Waals surface area contributed by atoms with Gasteiger partial charge in [0.2, 0.25) is 10.0 Å². The topological polar surface area (TPSA) is 134 Å². The van der Waals surface area contributed by atoms with E-state index in [0.29, 0.717) is 31.2 Å². The zero-order valence-electron chi connectivity index (χ0n) is 32.1. The lowest BCUT2D eigenvalue weighted by molar-refractivity contribution is -0.139. The van der Waals surface area contributed by atoms with Gasteiger partial charge in [0.05, 0.1) is 11.4 Å². The molecule has 288 valence electrons. The fraction of sp³-hybridized carbons (Fsp3) is 0.615. The number of nitrogens with one attached hydrogen (secondary N) is 2. The number of thioether (sulfide) groups is 1. The molecule has 3 amide bonds. The number of nitrogens with zero attached hydrogens (tertiary/aromatic N) is 2. The molecule has 3 atom stereocenters. The highest BCUT2D eigenvalue weighted by molar-refractivity contribution is 7.99. The highest BCUT2D eigenvalue weighted by Gasteiger charge is 2.56. The maximum atomic E-state index is 14.9. The van der Waals surface area contributed by atoms with Gasteiger partial charge in [-0.2, -0.15) is 4.31 Å². The van der Waals surface area contributed by atoms with E-state index in [1.54, 1.807) is 30.0 Å². The summed E-state index contributed by atoms with van der Waals surface area (Å²) in [5.74, 6) is -0.0988. The maximum absolute atomic E-state index is 14.9. The lowest BCUT2D eigenvalue weighted by Gasteiger charge is -2.42. The highest BCUT2D eigenvalue weighted by Crippen LogP contribution is 2.38. The van der Waals surface area contributed by atoms with Gasteiger partial charge in [-0.25, -0.2) is 18.1 Å². The molecule has 2 aromatic rings. The molecule has 1 saturated heterocycles. The summed E-state index contributed by atoms with van der Waals surface area (Å²) in [4.78, 5) is 44.0. The monoisotopic (exact) mass is 758 g/mol. The van der Waals surface area contributed by atoms with Gasteiger partial charge < -0.3 is 20.1 Å². The zero-order chi connectivity index (χ0) is 38.3. The molecule has 1 fully saturated rings. The van der Waals surface area contributed by atoms with Crippen LogP contribution >= 0.6 is 11.8 Å². The van der Waals surface area contributed by atoms with Crippen LogP contribution in [0.5, 0.6) is 0 Å². The quantitative estimate of drug-likeness (QED) is 0.115. The fourth-order valence-corrected chi connectivity index (χ4v) is 9.33. The Morgan fingerprint density at radius 3 is 2.37 bits per heavy atom. The van der Waals surface area contributed by atoms with Crippen molar-refractivity contribution in [2.75, 3.05) is 36.1 Å². The Hall–Kier alpha value is -3.13. The minimum Gasteiger partial charge on any atom is -0.433 e. The second-order valence-corrected chi connectivity index (χ2v) is 18.1. The van der Waals surface area contributed by atoms with Crippen molar-refractivity contribution in [1.82, 2.24) is 9.21 Å². The van der Waals surface area contributed by atoms with Crippen molar-refractivity contribution in [2.24, 2.45) is 5.92 Å². The first kappa shape index (κ1) is 41.6. The Balaban J connectivity index is 1.79. The number of rotatable bonds is 18. The van der Waals surface area contributed by atoms with Gasteiger partial charge >= 0.3 is 6.09 Å². The number of para-hydroxylation sites is 1. The van der Waals surface area contributed by atoms with Gasteiger partial charge in [0.15, 0.2) is 11.6 Å². The second-order valence-electron chi connectivity index (χ2n) is 15.2. The Morgan fingerprint density at radius 1 is 1.04 bits per heavy atom. The number of carbonyl (C=O) groups excluding carboxylic acids is 3. The van der Waals surface area contributed by atoms with E-state index < -0.39 is 45.7 Å². The average molecular weight is 759 g/mol. The molecule has 13 heteroatoms. The van der Waals surface area contributed by atoms with E-state index in [4.69, 9.17) is 9.47 Å². The summed E-state index contributed by atoms with van der Waals surface area (Å²) >= 11 is 1.66. The fourth-order valence-electron chi connectivity index (χ4n) is 6.34. The van der Waals surface area contributed by atoms with Crippen LogP contribution in [-0.4, -0.2) is 78.9 Å². The Bertz CT molecular complexity index is 1670. The molecule has 4 rings (SSSR count). The first-order valence-electron chi connectivity index (χ1n) is 18.7. The van der Waals surface area contributed by atoms with Crippen LogP contribution in [0, 0.1) is 5.92 Å². The molecule has 0 aromatic heterocycles. The Labute approximate surface area is 315 Å². The highest BCUT2D eigenvalue weighted by atomic mass is 32.2. The number of benzene rings is 2. The first-order valence-corrected chi connectivity index (χ1v) is 21.1. The number of cyclic esters (lactones) is 1. The summed E-state index contributed by atoms with van der Waals surface area (Å²) in [6.45, 7) is 16.4. The summed E-state index contributed by atoms with van der Waals surface area (Å²) in [5.41, 5.74) is -0.0147. The molecule has 2 heterocycles. The SMILES string of the molecule is CCCCOCCCN1C(C(C(=O)Nc2cc(C(C)(C)C)ccc2SCC(CC)CCCC)N2C(=O)OC(C)(C)C2=O)Nc2ccccc2S1(=O)=O. The number of carbonyl (C=O) groups is 3.